The highest BCUT2D eigenvalue weighted by atomic mass is 35.5. The van der Waals surface area contributed by atoms with Gasteiger partial charge in [0.25, 0.3) is 0 Å². The van der Waals surface area contributed by atoms with Gasteiger partial charge in [-0.1, -0.05) is 6.07 Å². The predicted octanol–water partition coefficient (Wildman–Crippen LogP) is 2.40. The smallest absolute Gasteiger partial charge is 0.232 e. The van der Waals surface area contributed by atoms with Crippen LogP contribution in [0.25, 0.3) is 0 Å². The van der Waals surface area contributed by atoms with Crippen molar-refractivity contribution >= 4 is 46.2 Å². The van der Waals surface area contributed by atoms with E-state index in [4.69, 9.17) is 23.2 Å². The van der Waals surface area contributed by atoms with Crippen LogP contribution in [0.3, 0.4) is 0 Å². The first-order valence-electron chi connectivity index (χ1n) is 5.16. The van der Waals surface area contributed by atoms with Gasteiger partial charge >= 0.3 is 0 Å². The Morgan fingerprint density at radius 1 is 1.25 bits per heavy atom. The molecule has 1 aromatic carbocycles. The van der Waals surface area contributed by atoms with Gasteiger partial charge < -0.3 is 14.1 Å². The van der Waals surface area contributed by atoms with Crippen LogP contribution < -0.4 is 9.50 Å². The topological polar surface area (TPSA) is 100 Å². The van der Waals surface area contributed by atoms with E-state index in [9.17, 15) is 8.76 Å². The highest BCUT2D eigenvalue weighted by Gasteiger charge is 2.09. The van der Waals surface area contributed by atoms with Crippen molar-refractivity contribution in [2.24, 2.45) is 0 Å². The third-order valence-corrected chi connectivity index (χ3v) is 2.78. The molecular formula is C10H7Cl2N4O3S-. The lowest BCUT2D eigenvalue weighted by molar-refractivity contribution is 0.441. The molecule has 2 rings (SSSR count). The molecule has 0 saturated carbocycles. The fourth-order valence-electron chi connectivity index (χ4n) is 1.38. The molecule has 20 heavy (non-hydrogen) atoms. The van der Waals surface area contributed by atoms with Gasteiger partial charge in [0, 0.05) is 0 Å². The van der Waals surface area contributed by atoms with Crippen molar-refractivity contribution in [2.45, 2.75) is 6.92 Å². The van der Waals surface area contributed by atoms with Crippen LogP contribution in [0.4, 0.5) is 11.6 Å². The van der Waals surface area contributed by atoms with Crippen molar-refractivity contribution in [2.75, 3.05) is 5.32 Å². The first kappa shape index (κ1) is 14.9. The number of benzene rings is 1. The first-order valence-corrected chi connectivity index (χ1v) is 6.92. The Balaban J connectivity index is 2.34. The Morgan fingerprint density at radius 2 is 1.90 bits per heavy atom. The largest absolute Gasteiger partial charge is 0.740 e. The average molecular weight is 334 g/mol. The maximum absolute atomic E-state index is 10.7. The quantitative estimate of drug-likeness (QED) is 0.857. The molecule has 0 aliphatic rings. The Kier molecular flexibility index (Phi) is 4.71. The van der Waals surface area contributed by atoms with Crippen molar-refractivity contribution < 1.29 is 12.9 Å². The van der Waals surface area contributed by atoms with E-state index in [0.717, 1.165) is 5.56 Å². The molecule has 0 saturated heterocycles. The Bertz CT molecular complexity index is 651. The summed E-state index contributed by atoms with van der Waals surface area (Å²) in [6, 6.07) is 4.92. The number of anilines is 2. The third kappa shape index (κ3) is 4.01. The second-order valence-electron chi connectivity index (χ2n) is 3.61. The average Bonchev–Trinajstić information content (AvgIpc) is 2.30. The maximum atomic E-state index is 10.7. The number of nitrogens with zero attached hydrogens (tertiary/aromatic N) is 3. The van der Waals surface area contributed by atoms with Gasteiger partial charge in [0.05, 0.1) is 5.69 Å². The van der Waals surface area contributed by atoms with Gasteiger partial charge in [0.2, 0.25) is 16.5 Å². The highest BCUT2D eigenvalue weighted by Crippen LogP contribution is 2.28. The van der Waals surface area contributed by atoms with Gasteiger partial charge in [0.1, 0.15) is 11.4 Å². The zero-order valence-corrected chi connectivity index (χ0v) is 12.3. The molecule has 1 aromatic heterocycles. The zero-order chi connectivity index (χ0) is 14.7. The normalized spacial score (nSPS) is 12.0. The van der Waals surface area contributed by atoms with Gasteiger partial charge in [-0.25, -0.2) is 4.21 Å². The molecule has 0 radical (unpaired) electrons. The molecule has 7 nitrogen and oxygen atoms in total. The SMILES string of the molecule is Cc1ccc(Nc2nc(Cl)nc(Cl)n2)c(OS(=O)[O-])c1. The summed E-state index contributed by atoms with van der Waals surface area (Å²) in [6.07, 6.45) is 0. The molecule has 1 atom stereocenters. The molecule has 2 aromatic rings. The second-order valence-corrected chi connectivity index (χ2v) is 4.86. The van der Waals surface area contributed by atoms with Crippen LogP contribution in [-0.4, -0.2) is 23.7 Å². The van der Waals surface area contributed by atoms with E-state index in [1.54, 1.807) is 25.1 Å². The monoisotopic (exact) mass is 333 g/mol. The van der Waals surface area contributed by atoms with Crippen molar-refractivity contribution in [3.8, 4) is 5.75 Å². The number of hydrogen-bond acceptors (Lipinski definition) is 7. The van der Waals surface area contributed by atoms with Crippen LogP contribution in [0, 0.1) is 6.92 Å². The number of aryl methyl sites for hydroxylation is 1. The van der Waals surface area contributed by atoms with Crippen LogP contribution in [0.5, 0.6) is 5.75 Å². The number of rotatable bonds is 4. The minimum absolute atomic E-state index is 0.0698. The Hall–Kier alpha value is -1.48. The number of halogens is 2. The van der Waals surface area contributed by atoms with Gasteiger partial charge in [-0.05, 0) is 47.8 Å². The van der Waals surface area contributed by atoms with Crippen LogP contribution in [0.1, 0.15) is 5.56 Å². The van der Waals surface area contributed by atoms with Crippen LogP contribution in [-0.2, 0) is 11.4 Å². The second kappa shape index (κ2) is 6.31. The summed E-state index contributed by atoms with van der Waals surface area (Å²) in [5.74, 6) is 0.173. The molecule has 0 amide bonds. The fraction of sp³-hybridized carbons (Fsp3) is 0.100. The van der Waals surface area contributed by atoms with Gasteiger partial charge in [-0.3, -0.25) is 0 Å². The summed E-state index contributed by atoms with van der Waals surface area (Å²) in [5, 5.41) is 2.58. The van der Waals surface area contributed by atoms with Gasteiger partial charge in [-0.2, -0.15) is 15.0 Å². The lowest BCUT2D eigenvalue weighted by Crippen LogP contribution is -2.04. The highest BCUT2D eigenvalue weighted by molar-refractivity contribution is 7.74. The minimum Gasteiger partial charge on any atom is -0.740 e. The fourth-order valence-corrected chi connectivity index (χ4v) is 2.03. The molecule has 1 N–H and O–H groups in total. The molecule has 1 heterocycles. The van der Waals surface area contributed by atoms with Crippen molar-refractivity contribution in [1.82, 2.24) is 15.0 Å². The van der Waals surface area contributed by atoms with E-state index < -0.39 is 11.4 Å². The van der Waals surface area contributed by atoms with E-state index in [1.807, 2.05) is 0 Å². The van der Waals surface area contributed by atoms with E-state index in [2.05, 4.69) is 24.5 Å². The van der Waals surface area contributed by atoms with E-state index in [-0.39, 0.29) is 22.3 Å². The Labute approximate surface area is 126 Å². The lowest BCUT2D eigenvalue weighted by atomic mass is 10.2. The van der Waals surface area contributed by atoms with E-state index >= 15 is 0 Å². The standard InChI is InChI=1S/C10H8Cl2N4O3S/c1-5-2-3-6(7(4-5)19-20(17)18)13-10-15-8(11)14-9(12)16-10/h2-4H,1H3,(H,17,18)(H,13,14,15,16)/p-1. The zero-order valence-electron chi connectivity index (χ0n) is 9.96. The summed E-state index contributed by atoms with van der Waals surface area (Å²) in [5.41, 5.74) is 1.17. The summed E-state index contributed by atoms with van der Waals surface area (Å²) in [7, 11) is 0. The first-order chi connectivity index (χ1) is 9.44. The van der Waals surface area contributed by atoms with Crippen LogP contribution in [0.15, 0.2) is 18.2 Å². The Morgan fingerprint density at radius 3 is 2.50 bits per heavy atom. The summed E-state index contributed by atoms with van der Waals surface area (Å²) >= 11 is 8.60. The molecular weight excluding hydrogens is 327 g/mol. The summed E-state index contributed by atoms with van der Waals surface area (Å²) in [4.78, 5) is 11.2. The molecule has 10 heteroatoms. The molecule has 0 bridgehead atoms. The number of hydrogen-bond donors (Lipinski definition) is 1. The number of aromatic nitrogens is 3. The maximum Gasteiger partial charge on any atom is 0.232 e. The summed E-state index contributed by atoms with van der Waals surface area (Å²) < 4.78 is 26.0. The van der Waals surface area contributed by atoms with Crippen molar-refractivity contribution in [3.05, 3.63) is 34.3 Å². The van der Waals surface area contributed by atoms with Crippen molar-refractivity contribution in [3.63, 3.8) is 0 Å². The molecule has 0 spiro atoms. The summed E-state index contributed by atoms with van der Waals surface area (Å²) in [6.45, 7) is 1.79. The van der Waals surface area contributed by atoms with Crippen LogP contribution in [0.2, 0.25) is 10.6 Å². The van der Waals surface area contributed by atoms with Crippen molar-refractivity contribution in [1.29, 1.82) is 0 Å². The lowest BCUT2D eigenvalue weighted by Gasteiger charge is -2.13. The third-order valence-electron chi connectivity index (χ3n) is 2.12. The molecule has 0 fully saturated rings. The van der Waals surface area contributed by atoms with E-state index in [0.29, 0.717) is 5.69 Å². The minimum atomic E-state index is -2.70. The molecule has 106 valence electrons. The molecule has 1 unspecified atom stereocenters. The van der Waals surface area contributed by atoms with Gasteiger partial charge in [-0.15, -0.1) is 0 Å². The van der Waals surface area contributed by atoms with E-state index in [1.165, 1.54) is 0 Å². The van der Waals surface area contributed by atoms with Gasteiger partial charge in [0.15, 0.2) is 5.75 Å². The van der Waals surface area contributed by atoms with Crippen LogP contribution >= 0.6 is 23.2 Å². The predicted molar refractivity (Wildman–Crippen MR) is 73.9 cm³/mol. The number of nitrogens with one attached hydrogen (secondary N) is 1. The molecule has 0 aliphatic heterocycles. The molecule has 0 aliphatic carbocycles.